The zero-order valence-corrected chi connectivity index (χ0v) is 17.1. The summed E-state index contributed by atoms with van der Waals surface area (Å²) >= 11 is 0. The van der Waals surface area contributed by atoms with Gasteiger partial charge in [0, 0.05) is 50.2 Å². The number of amides is 1. The Balaban J connectivity index is 1.49. The Morgan fingerprint density at radius 2 is 1.70 bits per heavy atom. The molecule has 3 rings (SSSR count). The predicted molar refractivity (Wildman–Crippen MR) is 102 cm³/mol. The lowest BCUT2D eigenvalue weighted by Crippen LogP contribution is -2.56. The summed E-state index contributed by atoms with van der Waals surface area (Å²) in [5, 5.41) is 1.80. The summed E-state index contributed by atoms with van der Waals surface area (Å²) in [5.74, 6) is 0.353. The lowest BCUT2D eigenvalue weighted by Gasteiger charge is -2.47. The molecule has 154 valence electrons. The average Bonchev–Trinajstić information content (AvgIpc) is 2.65. The molecular weight excluding hydrogens is 346 g/mol. The Hall–Kier alpha value is -1.34. The number of hydroxylamine groups is 2. The standard InChI is InChI=1S/C20H35N3O4/c1-4-26-20(25)27-23-15(2)13-18(14-16(23)3)21-11-8-17(9-12-21)22-10-6-5-7-19(22)24/h15-18H,4-14H2,1-3H3. The Morgan fingerprint density at radius 1 is 1.04 bits per heavy atom. The van der Waals surface area contributed by atoms with E-state index in [9.17, 15) is 9.59 Å². The monoisotopic (exact) mass is 381 g/mol. The van der Waals surface area contributed by atoms with Crippen LogP contribution in [0.3, 0.4) is 0 Å². The Morgan fingerprint density at radius 3 is 2.30 bits per heavy atom. The summed E-state index contributed by atoms with van der Waals surface area (Å²) < 4.78 is 4.92. The molecule has 2 atom stereocenters. The van der Waals surface area contributed by atoms with Gasteiger partial charge in [0.25, 0.3) is 0 Å². The van der Waals surface area contributed by atoms with E-state index in [0.29, 0.717) is 24.6 Å². The zero-order chi connectivity index (χ0) is 19.4. The first-order chi connectivity index (χ1) is 13.0. The minimum atomic E-state index is -0.610. The van der Waals surface area contributed by atoms with Crippen molar-refractivity contribution in [3.05, 3.63) is 0 Å². The van der Waals surface area contributed by atoms with E-state index in [1.807, 2.05) is 0 Å². The molecule has 7 nitrogen and oxygen atoms in total. The summed E-state index contributed by atoms with van der Waals surface area (Å²) in [6, 6.07) is 1.28. The molecule has 0 saturated carbocycles. The van der Waals surface area contributed by atoms with Gasteiger partial charge < -0.3 is 19.4 Å². The van der Waals surface area contributed by atoms with Crippen LogP contribution in [-0.2, 0) is 14.4 Å². The molecule has 3 heterocycles. The van der Waals surface area contributed by atoms with Gasteiger partial charge in [0.2, 0.25) is 5.91 Å². The van der Waals surface area contributed by atoms with Crippen molar-refractivity contribution in [1.29, 1.82) is 0 Å². The highest BCUT2D eigenvalue weighted by molar-refractivity contribution is 5.77. The molecule has 3 fully saturated rings. The van der Waals surface area contributed by atoms with Crippen molar-refractivity contribution in [1.82, 2.24) is 14.9 Å². The summed E-state index contributed by atoms with van der Waals surface area (Å²) in [7, 11) is 0. The van der Waals surface area contributed by atoms with Gasteiger partial charge in [-0.1, -0.05) is 0 Å². The van der Waals surface area contributed by atoms with Gasteiger partial charge >= 0.3 is 6.16 Å². The molecule has 3 saturated heterocycles. The highest BCUT2D eigenvalue weighted by Crippen LogP contribution is 2.30. The number of likely N-dealkylation sites (tertiary alicyclic amines) is 2. The summed E-state index contributed by atoms with van der Waals surface area (Å²) in [6.07, 6.45) is 6.45. The van der Waals surface area contributed by atoms with E-state index in [1.54, 1.807) is 12.0 Å². The van der Waals surface area contributed by atoms with E-state index in [4.69, 9.17) is 9.57 Å². The average molecular weight is 382 g/mol. The van der Waals surface area contributed by atoms with Crippen LogP contribution < -0.4 is 0 Å². The summed E-state index contributed by atoms with van der Waals surface area (Å²) in [6.45, 7) is 9.38. The van der Waals surface area contributed by atoms with Crippen molar-refractivity contribution in [3.8, 4) is 0 Å². The molecule has 27 heavy (non-hydrogen) atoms. The van der Waals surface area contributed by atoms with E-state index >= 15 is 0 Å². The largest absolute Gasteiger partial charge is 0.527 e. The van der Waals surface area contributed by atoms with Crippen molar-refractivity contribution in [2.75, 3.05) is 26.2 Å². The maximum atomic E-state index is 12.2. The maximum Gasteiger partial charge on any atom is 0.527 e. The fraction of sp³-hybridized carbons (Fsp3) is 0.900. The molecule has 0 spiro atoms. The van der Waals surface area contributed by atoms with Crippen molar-refractivity contribution < 1.29 is 19.2 Å². The summed E-state index contributed by atoms with van der Waals surface area (Å²) in [5.41, 5.74) is 0. The first kappa shape index (κ1) is 20.4. The number of carbonyl (C=O) groups excluding carboxylic acids is 2. The Kier molecular flexibility index (Phi) is 6.98. The van der Waals surface area contributed by atoms with Gasteiger partial charge in [0.05, 0.1) is 6.61 Å². The number of ether oxygens (including phenoxy) is 1. The van der Waals surface area contributed by atoms with E-state index in [0.717, 1.165) is 64.6 Å². The smallest absolute Gasteiger partial charge is 0.433 e. The fourth-order valence-electron chi connectivity index (χ4n) is 5.01. The third-order valence-electron chi connectivity index (χ3n) is 6.35. The lowest BCUT2D eigenvalue weighted by molar-refractivity contribution is -0.196. The number of rotatable bonds is 4. The van der Waals surface area contributed by atoms with E-state index in [-0.39, 0.29) is 12.1 Å². The molecule has 3 aliphatic heterocycles. The second-order valence-electron chi connectivity index (χ2n) is 8.27. The van der Waals surface area contributed by atoms with Crippen LogP contribution in [0.5, 0.6) is 0 Å². The minimum Gasteiger partial charge on any atom is -0.433 e. The van der Waals surface area contributed by atoms with Gasteiger partial charge in [-0.15, -0.1) is 5.06 Å². The molecule has 0 aromatic rings. The third-order valence-corrected chi connectivity index (χ3v) is 6.35. The van der Waals surface area contributed by atoms with E-state index in [1.165, 1.54) is 0 Å². The molecule has 0 N–H and O–H groups in total. The van der Waals surface area contributed by atoms with Crippen LogP contribution >= 0.6 is 0 Å². The molecule has 3 aliphatic rings. The lowest BCUT2D eigenvalue weighted by atomic mass is 9.91. The predicted octanol–water partition coefficient (Wildman–Crippen LogP) is 2.79. The molecular formula is C20H35N3O4. The summed E-state index contributed by atoms with van der Waals surface area (Å²) in [4.78, 5) is 34.0. The number of carbonyl (C=O) groups is 2. The van der Waals surface area contributed by atoms with Gasteiger partial charge in [-0.25, -0.2) is 4.79 Å². The van der Waals surface area contributed by atoms with Crippen molar-refractivity contribution in [2.45, 2.75) is 89.9 Å². The SMILES string of the molecule is CCOC(=O)ON1C(C)CC(N2CCC(N3CCCCC3=O)CC2)CC1C. The fourth-order valence-corrected chi connectivity index (χ4v) is 5.01. The van der Waals surface area contributed by atoms with E-state index in [2.05, 4.69) is 23.6 Å². The second kappa shape index (κ2) is 9.24. The van der Waals surface area contributed by atoms with Gasteiger partial charge in [0.1, 0.15) is 0 Å². The Labute approximate surface area is 162 Å². The van der Waals surface area contributed by atoms with E-state index < -0.39 is 6.16 Å². The van der Waals surface area contributed by atoms with Crippen LogP contribution in [0.25, 0.3) is 0 Å². The van der Waals surface area contributed by atoms with Crippen LogP contribution in [0.1, 0.15) is 65.7 Å². The topological polar surface area (TPSA) is 62.3 Å². The Bertz CT molecular complexity index is 509. The number of hydrogen-bond acceptors (Lipinski definition) is 6. The number of piperidine rings is 3. The molecule has 7 heteroatoms. The van der Waals surface area contributed by atoms with Crippen molar-refractivity contribution >= 4 is 12.1 Å². The maximum absolute atomic E-state index is 12.2. The first-order valence-corrected chi connectivity index (χ1v) is 10.7. The van der Waals surface area contributed by atoms with Crippen LogP contribution in [0.15, 0.2) is 0 Å². The van der Waals surface area contributed by atoms with Gasteiger partial charge in [-0.2, -0.15) is 0 Å². The van der Waals surface area contributed by atoms with Crippen LogP contribution in [0.2, 0.25) is 0 Å². The quantitative estimate of drug-likeness (QED) is 0.698. The normalized spacial score (nSPS) is 31.7. The number of nitrogens with zero attached hydrogens (tertiary/aromatic N) is 3. The molecule has 1 amide bonds. The first-order valence-electron chi connectivity index (χ1n) is 10.7. The third kappa shape index (κ3) is 4.93. The van der Waals surface area contributed by atoms with Gasteiger partial charge in [-0.3, -0.25) is 4.79 Å². The molecule has 2 unspecified atom stereocenters. The molecule has 0 aliphatic carbocycles. The molecule has 0 bridgehead atoms. The minimum absolute atomic E-state index is 0.171. The van der Waals surface area contributed by atoms with Crippen LogP contribution in [0.4, 0.5) is 4.79 Å². The second-order valence-corrected chi connectivity index (χ2v) is 8.27. The van der Waals surface area contributed by atoms with Crippen molar-refractivity contribution in [3.63, 3.8) is 0 Å². The molecule has 0 aromatic carbocycles. The number of hydrogen-bond donors (Lipinski definition) is 0. The van der Waals surface area contributed by atoms with Gasteiger partial charge in [-0.05, 0) is 59.3 Å². The van der Waals surface area contributed by atoms with Gasteiger partial charge in [0.15, 0.2) is 0 Å². The highest BCUT2D eigenvalue weighted by atomic mass is 16.8. The molecule has 0 radical (unpaired) electrons. The highest BCUT2D eigenvalue weighted by Gasteiger charge is 2.38. The van der Waals surface area contributed by atoms with Crippen LogP contribution in [0, 0.1) is 0 Å². The van der Waals surface area contributed by atoms with Crippen molar-refractivity contribution in [2.24, 2.45) is 0 Å². The van der Waals surface area contributed by atoms with Crippen LogP contribution in [-0.4, -0.2) is 77.3 Å². The zero-order valence-electron chi connectivity index (χ0n) is 17.1. The molecule has 0 aromatic heterocycles.